The Morgan fingerprint density at radius 2 is 2.04 bits per heavy atom. The van der Waals surface area contributed by atoms with Crippen LogP contribution in [0.5, 0.6) is 0 Å². The molecular formula is C20H26N2O3. The van der Waals surface area contributed by atoms with Crippen molar-refractivity contribution in [2.75, 3.05) is 20.1 Å². The third-order valence-electron chi connectivity index (χ3n) is 4.93. The Kier molecular flexibility index (Phi) is 4.84. The van der Waals surface area contributed by atoms with Gasteiger partial charge < -0.3 is 14.2 Å². The normalized spacial score (nSPS) is 19.0. The SMILES string of the molecule is CC(C)CN1C[C@H](C(=O)N(C)[C@@H](C)c2cc3ccccc3o2)CC1=O. The van der Waals surface area contributed by atoms with Gasteiger partial charge in [0.15, 0.2) is 0 Å². The molecule has 5 nitrogen and oxygen atoms in total. The van der Waals surface area contributed by atoms with E-state index < -0.39 is 0 Å². The van der Waals surface area contributed by atoms with Crippen LogP contribution in [0.4, 0.5) is 0 Å². The van der Waals surface area contributed by atoms with Crippen LogP contribution in [-0.2, 0) is 9.59 Å². The van der Waals surface area contributed by atoms with Crippen molar-refractivity contribution in [1.29, 1.82) is 0 Å². The van der Waals surface area contributed by atoms with Gasteiger partial charge in [-0.05, 0) is 25.0 Å². The first-order chi connectivity index (χ1) is 11.9. The van der Waals surface area contributed by atoms with Crippen molar-refractivity contribution in [3.05, 3.63) is 36.1 Å². The van der Waals surface area contributed by atoms with Crippen LogP contribution in [0.1, 0.15) is 39.0 Å². The highest BCUT2D eigenvalue weighted by Gasteiger charge is 2.37. The van der Waals surface area contributed by atoms with Gasteiger partial charge in [0.05, 0.1) is 12.0 Å². The topological polar surface area (TPSA) is 53.8 Å². The van der Waals surface area contributed by atoms with E-state index in [-0.39, 0.29) is 23.8 Å². The molecule has 0 spiro atoms. The number of nitrogens with zero attached hydrogens (tertiary/aromatic N) is 2. The summed E-state index contributed by atoms with van der Waals surface area (Å²) < 4.78 is 5.89. The Bertz CT molecular complexity index is 747. The minimum Gasteiger partial charge on any atom is -0.459 e. The molecule has 3 rings (SSSR count). The summed E-state index contributed by atoms with van der Waals surface area (Å²) in [6.45, 7) is 7.35. The van der Waals surface area contributed by atoms with Crippen LogP contribution in [0, 0.1) is 11.8 Å². The van der Waals surface area contributed by atoms with E-state index in [2.05, 4.69) is 13.8 Å². The maximum atomic E-state index is 12.9. The summed E-state index contributed by atoms with van der Waals surface area (Å²) in [7, 11) is 1.79. The lowest BCUT2D eigenvalue weighted by Crippen LogP contribution is -2.36. The van der Waals surface area contributed by atoms with Crippen molar-refractivity contribution in [3.8, 4) is 0 Å². The van der Waals surface area contributed by atoms with Crippen LogP contribution >= 0.6 is 0 Å². The Morgan fingerprint density at radius 1 is 1.32 bits per heavy atom. The average molecular weight is 342 g/mol. The number of hydrogen-bond acceptors (Lipinski definition) is 3. The van der Waals surface area contributed by atoms with Gasteiger partial charge in [-0.1, -0.05) is 32.0 Å². The summed E-state index contributed by atoms with van der Waals surface area (Å²) in [5, 5.41) is 1.03. The molecule has 5 heteroatoms. The standard InChI is InChI=1S/C20H26N2O3/c1-13(2)11-22-12-16(10-19(22)23)20(24)21(4)14(3)18-9-15-7-5-6-8-17(15)25-18/h5-9,13-14,16H,10-12H2,1-4H3/t14-,16+/m0/s1. The zero-order valence-electron chi connectivity index (χ0n) is 15.4. The molecule has 1 aromatic heterocycles. The summed E-state index contributed by atoms with van der Waals surface area (Å²) in [5.41, 5.74) is 0.823. The molecule has 1 aromatic carbocycles. The molecule has 0 aliphatic carbocycles. The summed E-state index contributed by atoms with van der Waals surface area (Å²) in [5.74, 6) is 0.998. The van der Waals surface area contributed by atoms with Crippen molar-refractivity contribution in [1.82, 2.24) is 9.80 Å². The first kappa shape index (κ1) is 17.5. The molecule has 1 aliphatic rings. The van der Waals surface area contributed by atoms with E-state index in [9.17, 15) is 9.59 Å². The number of benzene rings is 1. The molecule has 0 saturated carbocycles. The second kappa shape index (κ2) is 6.90. The number of furan rings is 1. The molecule has 0 N–H and O–H groups in total. The summed E-state index contributed by atoms with van der Waals surface area (Å²) in [6, 6.07) is 9.63. The third kappa shape index (κ3) is 3.55. The van der Waals surface area contributed by atoms with Crippen molar-refractivity contribution < 1.29 is 14.0 Å². The summed E-state index contributed by atoms with van der Waals surface area (Å²) in [4.78, 5) is 28.5. The quantitative estimate of drug-likeness (QED) is 0.836. The first-order valence-electron chi connectivity index (χ1n) is 8.89. The molecule has 2 atom stereocenters. The van der Waals surface area contributed by atoms with Crippen molar-refractivity contribution in [2.45, 2.75) is 33.2 Å². The number of amides is 2. The Labute approximate surface area is 148 Å². The summed E-state index contributed by atoms with van der Waals surface area (Å²) in [6.07, 6.45) is 0.308. The van der Waals surface area contributed by atoms with E-state index >= 15 is 0 Å². The van der Waals surface area contributed by atoms with E-state index in [1.165, 1.54) is 0 Å². The van der Waals surface area contributed by atoms with Gasteiger partial charge in [-0.15, -0.1) is 0 Å². The lowest BCUT2D eigenvalue weighted by molar-refractivity contribution is -0.136. The number of rotatable bonds is 5. The van der Waals surface area contributed by atoms with Gasteiger partial charge >= 0.3 is 0 Å². The Morgan fingerprint density at radius 3 is 2.72 bits per heavy atom. The van der Waals surface area contributed by atoms with E-state index in [0.717, 1.165) is 16.7 Å². The minimum absolute atomic E-state index is 0.00700. The van der Waals surface area contributed by atoms with Gasteiger partial charge in [0.25, 0.3) is 0 Å². The maximum Gasteiger partial charge on any atom is 0.228 e. The predicted octanol–water partition coefficient (Wildman–Crippen LogP) is 3.46. The van der Waals surface area contributed by atoms with Crippen molar-refractivity contribution in [2.24, 2.45) is 11.8 Å². The minimum atomic E-state index is -0.261. The van der Waals surface area contributed by atoms with E-state index in [4.69, 9.17) is 4.42 Å². The van der Waals surface area contributed by atoms with Gasteiger partial charge in [-0.3, -0.25) is 9.59 Å². The van der Waals surface area contributed by atoms with Crippen LogP contribution in [0.3, 0.4) is 0 Å². The molecule has 0 radical (unpaired) electrons. The Hall–Kier alpha value is -2.30. The second-order valence-electron chi connectivity index (χ2n) is 7.41. The molecule has 2 heterocycles. The van der Waals surface area contributed by atoms with Crippen molar-refractivity contribution >= 4 is 22.8 Å². The fraction of sp³-hybridized carbons (Fsp3) is 0.500. The lowest BCUT2D eigenvalue weighted by Gasteiger charge is -2.26. The highest BCUT2D eigenvalue weighted by atomic mass is 16.3. The van der Waals surface area contributed by atoms with Gasteiger partial charge in [0.1, 0.15) is 11.3 Å². The molecule has 25 heavy (non-hydrogen) atoms. The highest BCUT2D eigenvalue weighted by Crippen LogP contribution is 2.29. The number of carbonyl (C=O) groups is 2. The Balaban J connectivity index is 1.70. The monoisotopic (exact) mass is 342 g/mol. The summed E-state index contributed by atoms with van der Waals surface area (Å²) >= 11 is 0. The maximum absolute atomic E-state index is 12.9. The molecule has 2 amide bonds. The number of carbonyl (C=O) groups excluding carboxylic acids is 2. The fourth-order valence-corrected chi connectivity index (χ4v) is 3.43. The molecule has 134 valence electrons. The first-order valence-corrected chi connectivity index (χ1v) is 8.89. The van der Waals surface area contributed by atoms with Gasteiger partial charge in [-0.25, -0.2) is 0 Å². The van der Waals surface area contributed by atoms with Crippen LogP contribution in [0.2, 0.25) is 0 Å². The van der Waals surface area contributed by atoms with Gasteiger partial charge in [0.2, 0.25) is 11.8 Å². The van der Waals surface area contributed by atoms with Crippen LogP contribution < -0.4 is 0 Å². The fourth-order valence-electron chi connectivity index (χ4n) is 3.43. The number of fused-ring (bicyclic) bond motifs is 1. The number of para-hydroxylation sites is 1. The zero-order valence-corrected chi connectivity index (χ0v) is 15.4. The van der Waals surface area contributed by atoms with Gasteiger partial charge in [-0.2, -0.15) is 0 Å². The average Bonchev–Trinajstić information content (AvgIpc) is 3.16. The van der Waals surface area contributed by atoms with E-state index in [1.807, 2.05) is 42.2 Å². The molecule has 1 saturated heterocycles. The zero-order chi connectivity index (χ0) is 18.1. The molecule has 0 bridgehead atoms. The largest absolute Gasteiger partial charge is 0.459 e. The van der Waals surface area contributed by atoms with Crippen LogP contribution in [-0.4, -0.2) is 41.8 Å². The highest BCUT2D eigenvalue weighted by molar-refractivity contribution is 5.89. The predicted molar refractivity (Wildman–Crippen MR) is 96.9 cm³/mol. The molecule has 1 fully saturated rings. The third-order valence-corrected chi connectivity index (χ3v) is 4.93. The van der Waals surface area contributed by atoms with E-state index in [0.29, 0.717) is 25.4 Å². The number of likely N-dealkylation sites (tertiary alicyclic amines) is 1. The van der Waals surface area contributed by atoms with Gasteiger partial charge in [0, 0.05) is 31.9 Å². The smallest absolute Gasteiger partial charge is 0.228 e. The molecule has 0 unspecified atom stereocenters. The number of hydrogen-bond donors (Lipinski definition) is 0. The van der Waals surface area contributed by atoms with E-state index in [1.54, 1.807) is 11.9 Å². The molecule has 1 aliphatic heterocycles. The van der Waals surface area contributed by atoms with Crippen LogP contribution in [0.25, 0.3) is 11.0 Å². The lowest BCUT2D eigenvalue weighted by atomic mass is 10.1. The second-order valence-corrected chi connectivity index (χ2v) is 7.41. The molecule has 2 aromatic rings. The van der Waals surface area contributed by atoms with Crippen molar-refractivity contribution in [3.63, 3.8) is 0 Å². The molecular weight excluding hydrogens is 316 g/mol. The van der Waals surface area contributed by atoms with Crippen LogP contribution in [0.15, 0.2) is 34.7 Å².